The highest BCUT2D eigenvalue weighted by molar-refractivity contribution is 6.33. The maximum absolute atomic E-state index is 11.1. The molecule has 1 aromatic carbocycles. The number of para-hydroxylation sites is 1. The fourth-order valence-electron chi connectivity index (χ4n) is 2.44. The summed E-state index contributed by atoms with van der Waals surface area (Å²) >= 11 is 6.20. The number of carbonyl (C=O) groups is 1. The molecule has 0 bridgehead atoms. The van der Waals surface area contributed by atoms with E-state index in [9.17, 15) is 4.79 Å². The third-order valence-electron chi connectivity index (χ3n) is 3.40. The Hall–Kier alpha value is -1.06. The molecule has 1 aliphatic heterocycles. The van der Waals surface area contributed by atoms with Crippen LogP contribution in [0.3, 0.4) is 0 Å². The summed E-state index contributed by atoms with van der Waals surface area (Å²) in [5, 5.41) is 0.633. The van der Waals surface area contributed by atoms with Crippen LogP contribution in [0.5, 0.6) is 0 Å². The Bertz CT molecular complexity index is 416. The van der Waals surface area contributed by atoms with E-state index in [0.29, 0.717) is 16.5 Å². The van der Waals surface area contributed by atoms with Gasteiger partial charge >= 0.3 is 0 Å². The molecule has 0 unspecified atom stereocenters. The normalized spacial score (nSPS) is 16.6. The number of ether oxygens (including phenoxy) is 1. The van der Waals surface area contributed by atoms with Crippen LogP contribution in [0.1, 0.15) is 23.2 Å². The van der Waals surface area contributed by atoms with Crippen LogP contribution in [-0.2, 0) is 4.74 Å². The fraction of sp³-hybridized carbons (Fsp3) is 0.500. The van der Waals surface area contributed by atoms with E-state index >= 15 is 0 Å². The van der Waals surface area contributed by atoms with Crippen molar-refractivity contribution in [3.63, 3.8) is 0 Å². The van der Waals surface area contributed by atoms with Crippen LogP contribution in [0.2, 0.25) is 5.02 Å². The summed E-state index contributed by atoms with van der Waals surface area (Å²) in [6.07, 6.45) is 3.01. The topological polar surface area (TPSA) is 29.5 Å². The molecule has 4 heteroatoms. The first-order chi connectivity index (χ1) is 8.72. The van der Waals surface area contributed by atoms with Gasteiger partial charge in [0, 0.05) is 32.4 Å². The van der Waals surface area contributed by atoms with Crippen LogP contribution in [0.15, 0.2) is 18.2 Å². The zero-order chi connectivity index (χ0) is 13.0. The summed E-state index contributed by atoms with van der Waals surface area (Å²) in [7, 11) is 1.99. The minimum atomic E-state index is 0.611. The second kappa shape index (κ2) is 6.21. The Morgan fingerprint density at radius 2 is 2.17 bits per heavy atom. The summed E-state index contributed by atoms with van der Waals surface area (Å²) in [5.41, 5.74) is 1.48. The molecule has 0 saturated carbocycles. The molecule has 18 heavy (non-hydrogen) atoms. The number of halogens is 1. The van der Waals surface area contributed by atoms with Gasteiger partial charge in [0.1, 0.15) is 0 Å². The maximum atomic E-state index is 11.1. The number of anilines is 1. The smallest absolute Gasteiger partial charge is 0.152 e. The van der Waals surface area contributed by atoms with E-state index in [0.717, 1.165) is 44.6 Å². The maximum Gasteiger partial charge on any atom is 0.152 e. The summed E-state index contributed by atoms with van der Waals surface area (Å²) in [6, 6.07) is 5.43. The molecule has 1 aromatic rings. The van der Waals surface area contributed by atoms with E-state index in [1.54, 1.807) is 12.1 Å². The third-order valence-corrected chi connectivity index (χ3v) is 3.70. The molecule has 98 valence electrons. The van der Waals surface area contributed by atoms with Gasteiger partial charge in [0.15, 0.2) is 6.29 Å². The summed E-state index contributed by atoms with van der Waals surface area (Å²) in [4.78, 5) is 13.2. The quantitative estimate of drug-likeness (QED) is 0.786. The molecule has 2 rings (SSSR count). The Balaban J connectivity index is 2.12. The molecular weight excluding hydrogens is 250 g/mol. The zero-order valence-corrected chi connectivity index (χ0v) is 11.3. The van der Waals surface area contributed by atoms with E-state index in [1.165, 1.54) is 0 Å². The van der Waals surface area contributed by atoms with Gasteiger partial charge in [0.2, 0.25) is 0 Å². The molecule has 1 saturated heterocycles. The van der Waals surface area contributed by atoms with Gasteiger partial charge in [-0.3, -0.25) is 4.79 Å². The van der Waals surface area contributed by atoms with Crippen LogP contribution in [0.4, 0.5) is 5.69 Å². The van der Waals surface area contributed by atoms with E-state index in [4.69, 9.17) is 16.3 Å². The minimum Gasteiger partial charge on any atom is -0.381 e. The second-order valence-corrected chi connectivity index (χ2v) is 5.14. The zero-order valence-electron chi connectivity index (χ0n) is 10.6. The van der Waals surface area contributed by atoms with Crippen molar-refractivity contribution in [1.82, 2.24) is 0 Å². The third kappa shape index (κ3) is 3.03. The molecule has 1 heterocycles. The van der Waals surface area contributed by atoms with Crippen molar-refractivity contribution < 1.29 is 9.53 Å². The van der Waals surface area contributed by atoms with Gasteiger partial charge in [0.05, 0.1) is 10.7 Å². The first-order valence-corrected chi connectivity index (χ1v) is 6.62. The fourth-order valence-corrected chi connectivity index (χ4v) is 2.76. The first-order valence-electron chi connectivity index (χ1n) is 6.25. The van der Waals surface area contributed by atoms with Crippen molar-refractivity contribution in [1.29, 1.82) is 0 Å². The molecule has 0 N–H and O–H groups in total. The van der Waals surface area contributed by atoms with Crippen molar-refractivity contribution in [3.05, 3.63) is 28.8 Å². The number of rotatable bonds is 4. The summed E-state index contributed by atoms with van der Waals surface area (Å²) in [5.74, 6) is 0.611. The van der Waals surface area contributed by atoms with Crippen LogP contribution >= 0.6 is 11.6 Å². The van der Waals surface area contributed by atoms with Crippen molar-refractivity contribution >= 4 is 23.6 Å². The van der Waals surface area contributed by atoms with Gasteiger partial charge in [-0.2, -0.15) is 0 Å². The Kier molecular flexibility index (Phi) is 4.61. The lowest BCUT2D eigenvalue weighted by Gasteiger charge is -2.29. The van der Waals surface area contributed by atoms with Crippen molar-refractivity contribution in [3.8, 4) is 0 Å². The highest BCUT2D eigenvalue weighted by Gasteiger charge is 2.18. The highest BCUT2D eigenvalue weighted by Crippen LogP contribution is 2.29. The molecule has 1 fully saturated rings. The molecule has 0 spiro atoms. The summed E-state index contributed by atoms with van der Waals surface area (Å²) in [6.45, 7) is 2.58. The van der Waals surface area contributed by atoms with Gasteiger partial charge in [-0.1, -0.05) is 17.7 Å². The van der Waals surface area contributed by atoms with Gasteiger partial charge in [-0.25, -0.2) is 0 Å². The van der Waals surface area contributed by atoms with E-state index in [2.05, 4.69) is 4.90 Å². The van der Waals surface area contributed by atoms with Crippen molar-refractivity contribution in [2.75, 3.05) is 31.7 Å². The average Bonchev–Trinajstić information content (AvgIpc) is 2.39. The Morgan fingerprint density at radius 1 is 1.44 bits per heavy atom. The predicted octanol–water partition coefficient (Wildman–Crippen LogP) is 3.02. The lowest BCUT2D eigenvalue weighted by atomic mass is 9.99. The molecule has 3 nitrogen and oxygen atoms in total. The lowest BCUT2D eigenvalue weighted by molar-refractivity contribution is 0.0685. The first kappa shape index (κ1) is 13.4. The van der Waals surface area contributed by atoms with Gasteiger partial charge in [0.25, 0.3) is 0 Å². The van der Waals surface area contributed by atoms with E-state index in [1.807, 2.05) is 13.1 Å². The molecule has 0 radical (unpaired) electrons. The lowest BCUT2D eigenvalue weighted by Crippen LogP contribution is -2.30. The van der Waals surface area contributed by atoms with Crippen LogP contribution < -0.4 is 4.90 Å². The second-order valence-electron chi connectivity index (χ2n) is 4.73. The molecule has 0 aliphatic carbocycles. The number of hydrogen-bond acceptors (Lipinski definition) is 3. The van der Waals surface area contributed by atoms with Gasteiger partial charge < -0.3 is 9.64 Å². The average molecular weight is 268 g/mol. The number of benzene rings is 1. The Morgan fingerprint density at radius 3 is 2.83 bits per heavy atom. The minimum absolute atomic E-state index is 0.611. The number of aldehydes is 1. The standard InChI is InChI=1S/C14H18ClNO2/c1-16(9-11-5-7-18-8-6-11)14-12(10-17)3-2-4-13(14)15/h2-4,10-11H,5-9H2,1H3. The Labute approximate surface area is 113 Å². The SMILES string of the molecule is CN(CC1CCOCC1)c1c(Cl)cccc1C=O. The van der Waals surface area contributed by atoms with Crippen LogP contribution in [0, 0.1) is 5.92 Å². The highest BCUT2D eigenvalue weighted by atomic mass is 35.5. The number of nitrogens with zero attached hydrogens (tertiary/aromatic N) is 1. The predicted molar refractivity (Wildman–Crippen MR) is 73.7 cm³/mol. The van der Waals surface area contributed by atoms with Gasteiger partial charge in [-0.05, 0) is 30.9 Å². The monoisotopic (exact) mass is 267 g/mol. The molecule has 1 aliphatic rings. The van der Waals surface area contributed by atoms with Crippen LogP contribution in [0.25, 0.3) is 0 Å². The van der Waals surface area contributed by atoms with E-state index < -0.39 is 0 Å². The van der Waals surface area contributed by atoms with Crippen molar-refractivity contribution in [2.24, 2.45) is 5.92 Å². The van der Waals surface area contributed by atoms with E-state index in [-0.39, 0.29) is 0 Å². The molecule has 0 amide bonds. The molecular formula is C14H18ClNO2. The van der Waals surface area contributed by atoms with Gasteiger partial charge in [-0.15, -0.1) is 0 Å². The summed E-state index contributed by atoms with van der Waals surface area (Å²) < 4.78 is 5.35. The largest absolute Gasteiger partial charge is 0.381 e. The van der Waals surface area contributed by atoms with Crippen molar-refractivity contribution in [2.45, 2.75) is 12.8 Å². The van der Waals surface area contributed by atoms with Crippen LogP contribution in [-0.4, -0.2) is 33.1 Å². The number of carbonyl (C=O) groups excluding carboxylic acids is 1. The number of hydrogen-bond donors (Lipinski definition) is 0. The molecule has 0 aromatic heterocycles. The molecule has 0 atom stereocenters.